The molecule has 0 heterocycles. The lowest BCUT2D eigenvalue weighted by Crippen LogP contribution is -2.48. The lowest BCUT2D eigenvalue weighted by atomic mass is 10.2. The number of hydrogen-bond acceptors (Lipinski definition) is 5. The van der Waals surface area contributed by atoms with Gasteiger partial charge in [0.05, 0.1) is 17.1 Å². The molecule has 6 nitrogen and oxygen atoms in total. The highest BCUT2D eigenvalue weighted by atomic mass is 32.2. The first-order valence-corrected chi connectivity index (χ1v) is 9.64. The van der Waals surface area contributed by atoms with Crippen molar-refractivity contribution in [1.82, 2.24) is 4.72 Å². The molecule has 0 aliphatic carbocycles. The number of sulfonamides is 1. The van der Waals surface area contributed by atoms with E-state index >= 15 is 0 Å². The monoisotopic (exact) mass is 371 g/mol. The molecule has 25 heavy (non-hydrogen) atoms. The van der Waals surface area contributed by atoms with Gasteiger partial charge in [-0.2, -0.15) is 4.72 Å². The number of ether oxygens (including phenoxy) is 2. The van der Waals surface area contributed by atoms with Crippen LogP contribution < -0.4 is 4.72 Å². The van der Waals surface area contributed by atoms with E-state index in [1.165, 1.54) is 6.07 Å². The molecule has 1 aromatic carbocycles. The van der Waals surface area contributed by atoms with Crippen LogP contribution in [-0.2, 0) is 24.3 Å². The maximum atomic E-state index is 12.6. The van der Waals surface area contributed by atoms with E-state index in [9.17, 15) is 13.2 Å². The largest absolute Gasteiger partial charge is 0.459 e. The Balaban J connectivity index is 3.04. The second-order valence-corrected chi connectivity index (χ2v) is 9.66. The molecule has 1 aromatic rings. The molecule has 0 fully saturated rings. The summed E-state index contributed by atoms with van der Waals surface area (Å²) in [7, 11) is -3.88. The fraction of sp³-hybridized carbons (Fsp3) is 0.611. The Labute approximate surface area is 151 Å². The van der Waals surface area contributed by atoms with Gasteiger partial charge in [0.1, 0.15) is 11.6 Å². The van der Waals surface area contributed by atoms with Crippen molar-refractivity contribution in [3.63, 3.8) is 0 Å². The minimum Gasteiger partial charge on any atom is -0.459 e. The van der Waals surface area contributed by atoms with Crippen molar-refractivity contribution in [2.24, 2.45) is 0 Å². The average Bonchev–Trinajstić information content (AvgIpc) is 2.40. The zero-order chi connectivity index (χ0) is 19.5. The maximum absolute atomic E-state index is 12.6. The third-order valence-electron chi connectivity index (χ3n) is 2.97. The molecule has 0 saturated carbocycles. The topological polar surface area (TPSA) is 81.7 Å². The van der Waals surface area contributed by atoms with Crippen LogP contribution in [0, 0.1) is 6.92 Å². The number of rotatable bonds is 6. The molecule has 142 valence electrons. The predicted octanol–water partition coefficient (Wildman–Crippen LogP) is 2.80. The number of nitrogens with one attached hydrogen (secondary N) is 1. The number of aryl methyl sites for hydroxylation is 1. The summed E-state index contributed by atoms with van der Waals surface area (Å²) in [5.41, 5.74) is -0.441. The first-order valence-electron chi connectivity index (χ1n) is 8.15. The van der Waals surface area contributed by atoms with Gasteiger partial charge in [0.15, 0.2) is 0 Å². The van der Waals surface area contributed by atoms with Crippen molar-refractivity contribution in [2.75, 3.05) is 6.61 Å². The summed E-state index contributed by atoms with van der Waals surface area (Å²) in [4.78, 5) is 12.5. The normalized spacial score (nSPS) is 14.2. The highest BCUT2D eigenvalue weighted by Gasteiger charge is 2.31. The van der Waals surface area contributed by atoms with Crippen LogP contribution in [0.2, 0.25) is 0 Å². The van der Waals surface area contributed by atoms with Crippen molar-refractivity contribution in [3.8, 4) is 0 Å². The molecular weight excluding hydrogens is 342 g/mol. The molecule has 0 spiro atoms. The molecule has 0 aliphatic heterocycles. The second kappa shape index (κ2) is 7.85. The average molecular weight is 371 g/mol. The Kier molecular flexibility index (Phi) is 6.78. The van der Waals surface area contributed by atoms with Crippen LogP contribution in [0.4, 0.5) is 0 Å². The summed E-state index contributed by atoms with van der Waals surface area (Å²) >= 11 is 0. The van der Waals surface area contributed by atoms with Crippen LogP contribution in [-0.4, -0.2) is 38.2 Å². The smallest absolute Gasteiger partial charge is 0.327 e. The van der Waals surface area contributed by atoms with Crippen LogP contribution in [0.3, 0.4) is 0 Å². The standard InChI is InChI=1S/C18H29NO5S/c1-13-9-8-10-14(11-13)25(21,22)19-15(12-23-17(2,3)4)16(20)24-18(5,6)7/h8-11,15,19H,12H2,1-7H3. The van der Waals surface area contributed by atoms with Gasteiger partial charge in [0, 0.05) is 0 Å². The van der Waals surface area contributed by atoms with Crippen molar-refractivity contribution in [2.45, 2.75) is 70.6 Å². The lowest BCUT2D eigenvalue weighted by Gasteiger charge is -2.27. The predicted molar refractivity (Wildman–Crippen MR) is 96.8 cm³/mol. The number of carbonyl (C=O) groups excluding carboxylic acids is 1. The molecule has 1 N–H and O–H groups in total. The second-order valence-electron chi connectivity index (χ2n) is 7.95. The molecule has 1 atom stereocenters. The molecule has 0 aromatic heterocycles. The van der Waals surface area contributed by atoms with E-state index in [0.717, 1.165) is 5.56 Å². The summed E-state index contributed by atoms with van der Waals surface area (Å²) in [5, 5.41) is 0. The number of benzene rings is 1. The maximum Gasteiger partial charge on any atom is 0.327 e. The van der Waals surface area contributed by atoms with E-state index in [1.54, 1.807) is 45.9 Å². The molecule has 0 saturated heterocycles. The Morgan fingerprint density at radius 2 is 1.72 bits per heavy atom. The van der Waals surface area contributed by atoms with Crippen molar-refractivity contribution in [1.29, 1.82) is 0 Å². The Bertz CT molecular complexity index is 699. The highest BCUT2D eigenvalue weighted by molar-refractivity contribution is 7.89. The van der Waals surface area contributed by atoms with E-state index in [1.807, 2.05) is 20.8 Å². The minimum atomic E-state index is -3.88. The van der Waals surface area contributed by atoms with Gasteiger partial charge in [-0.1, -0.05) is 12.1 Å². The summed E-state index contributed by atoms with van der Waals surface area (Å²) in [6.07, 6.45) is 0. The van der Waals surface area contributed by atoms with E-state index < -0.39 is 33.2 Å². The van der Waals surface area contributed by atoms with Gasteiger partial charge in [-0.3, -0.25) is 4.79 Å². The van der Waals surface area contributed by atoms with Gasteiger partial charge in [-0.15, -0.1) is 0 Å². The van der Waals surface area contributed by atoms with Crippen LogP contribution in [0.5, 0.6) is 0 Å². The van der Waals surface area contributed by atoms with Gasteiger partial charge >= 0.3 is 5.97 Å². The third kappa shape index (κ3) is 7.98. The Morgan fingerprint density at radius 3 is 2.20 bits per heavy atom. The molecule has 7 heteroatoms. The summed E-state index contributed by atoms with van der Waals surface area (Å²) in [6.45, 7) is 12.3. The minimum absolute atomic E-state index is 0.0943. The number of carbonyl (C=O) groups is 1. The van der Waals surface area contributed by atoms with Crippen molar-refractivity contribution in [3.05, 3.63) is 29.8 Å². The summed E-state index contributed by atoms with van der Waals surface area (Å²) < 4.78 is 38.6. The molecule has 0 aliphatic rings. The molecule has 1 unspecified atom stereocenters. The molecule has 0 radical (unpaired) electrons. The summed E-state index contributed by atoms with van der Waals surface area (Å²) in [5.74, 6) is -0.673. The van der Waals surface area contributed by atoms with Crippen LogP contribution >= 0.6 is 0 Å². The van der Waals surface area contributed by atoms with Crippen LogP contribution in [0.25, 0.3) is 0 Å². The van der Waals surface area contributed by atoms with Gasteiger partial charge in [-0.05, 0) is 66.2 Å². The number of esters is 1. The first-order chi connectivity index (χ1) is 11.2. The highest BCUT2D eigenvalue weighted by Crippen LogP contribution is 2.15. The quantitative estimate of drug-likeness (QED) is 0.778. The SMILES string of the molecule is Cc1cccc(S(=O)(=O)NC(COC(C)(C)C)C(=O)OC(C)(C)C)c1. The fourth-order valence-electron chi connectivity index (χ4n) is 1.89. The molecule has 0 amide bonds. The third-order valence-corrected chi connectivity index (χ3v) is 4.44. The number of hydrogen-bond donors (Lipinski definition) is 1. The van der Waals surface area contributed by atoms with Gasteiger partial charge in [0.2, 0.25) is 10.0 Å². The van der Waals surface area contributed by atoms with Crippen LogP contribution in [0.15, 0.2) is 29.2 Å². The molecule has 1 rings (SSSR count). The fourth-order valence-corrected chi connectivity index (χ4v) is 3.17. The Hall–Kier alpha value is -1.44. The molecular formula is C18H29NO5S. The van der Waals surface area contributed by atoms with Gasteiger partial charge in [-0.25, -0.2) is 8.42 Å². The van der Waals surface area contributed by atoms with E-state index in [-0.39, 0.29) is 11.5 Å². The van der Waals surface area contributed by atoms with Gasteiger partial charge < -0.3 is 9.47 Å². The van der Waals surface area contributed by atoms with E-state index in [0.29, 0.717) is 0 Å². The first kappa shape index (κ1) is 21.6. The lowest BCUT2D eigenvalue weighted by molar-refractivity contribution is -0.159. The van der Waals surface area contributed by atoms with E-state index in [4.69, 9.17) is 9.47 Å². The zero-order valence-corrected chi connectivity index (χ0v) is 16.9. The van der Waals surface area contributed by atoms with Crippen molar-refractivity contribution >= 4 is 16.0 Å². The molecule has 0 bridgehead atoms. The van der Waals surface area contributed by atoms with E-state index in [2.05, 4.69) is 4.72 Å². The van der Waals surface area contributed by atoms with Crippen molar-refractivity contribution < 1.29 is 22.7 Å². The Morgan fingerprint density at radius 1 is 1.12 bits per heavy atom. The zero-order valence-electron chi connectivity index (χ0n) is 16.0. The summed E-state index contributed by atoms with van der Waals surface area (Å²) in [6, 6.07) is 5.33. The van der Waals surface area contributed by atoms with Crippen LogP contribution in [0.1, 0.15) is 47.1 Å². The van der Waals surface area contributed by atoms with Gasteiger partial charge in [0.25, 0.3) is 0 Å².